The van der Waals surface area contributed by atoms with Gasteiger partial charge in [-0.05, 0) is 30.3 Å². The van der Waals surface area contributed by atoms with E-state index in [4.69, 9.17) is 34.8 Å². The Morgan fingerprint density at radius 1 is 1.14 bits per heavy atom. The molecule has 0 N–H and O–H groups in total. The van der Waals surface area contributed by atoms with E-state index in [-0.39, 0.29) is 21.2 Å². The molecule has 0 spiro atoms. The van der Waals surface area contributed by atoms with Crippen molar-refractivity contribution in [2.24, 2.45) is 0 Å². The van der Waals surface area contributed by atoms with Crippen molar-refractivity contribution in [1.82, 2.24) is 0 Å². The molecule has 0 aliphatic carbocycles. The molecule has 2 nitrogen and oxygen atoms in total. The summed E-state index contributed by atoms with van der Waals surface area (Å²) in [6, 6.07) is 10.0. The Hall–Kier alpha value is -1.60. The Balaban J connectivity index is 2.55. The van der Waals surface area contributed by atoms with Gasteiger partial charge in [0, 0.05) is 21.2 Å². The average Bonchev–Trinajstić information content (AvgIpc) is 2.45. The van der Waals surface area contributed by atoms with Gasteiger partial charge in [0.25, 0.3) is 0 Å². The minimum atomic E-state index is -1.39. The third-order valence-corrected chi connectivity index (χ3v) is 3.77. The summed E-state index contributed by atoms with van der Waals surface area (Å²) in [5, 5.41) is 9.68. The summed E-state index contributed by atoms with van der Waals surface area (Å²) in [6.45, 7) is 0. The molecule has 0 amide bonds. The highest BCUT2D eigenvalue weighted by Crippen LogP contribution is 2.32. The zero-order valence-electron chi connectivity index (χ0n) is 10.4. The van der Waals surface area contributed by atoms with Gasteiger partial charge in [0.15, 0.2) is 5.78 Å². The highest BCUT2D eigenvalue weighted by Gasteiger charge is 2.28. The highest BCUT2D eigenvalue weighted by atomic mass is 35.5. The molecule has 0 aliphatic heterocycles. The second kappa shape index (κ2) is 6.44. The van der Waals surface area contributed by atoms with Crippen molar-refractivity contribution >= 4 is 40.6 Å². The van der Waals surface area contributed by atoms with Crippen LogP contribution in [0.5, 0.6) is 0 Å². The van der Waals surface area contributed by atoms with Gasteiger partial charge < -0.3 is 0 Å². The lowest BCUT2D eigenvalue weighted by Crippen LogP contribution is -2.14. The van der Waals surface area contributed by atoms with E-state index in [1.165, 1.54) is 30.3 Å². The van der Waals surface area contributed by atoms with Gasteiger partial charge in [-0.3, -0.25) is 4.79 Å². The third-order valence-electron chi connectivity index (χ3n) is 2.87. The van der Waals surface area contributed by atoms with E-state index in [9.17, 15) is 14.4 Å². The first-order chi connectivity index (χ1) is 9.95. The van der Waals surface area contributed by atoms with Crippen molar-refractivity contribution in [1.29, 1.82) is 5.26 Å². The first kappa shape index (κ1) is 15.8. The maximum Gasteiger partial charge on any atom is 0.186 e. The molecule has 1 unspecified atom stereocenters. The molecule has 1 atom stereocenters. The van der Waals surface area contributed by atoms with E-state index in [0.717, 1.165) is 6.07 Å². The topological polar surface area (TPSA) is 40.9 Å². The highest BCUT2D eigenvalue weighted by molar-refractivity contribution is 6.36. The number of benzene rings is 2. The second-order valence-corrected chi connectivity index (χ2v) is 5.44. The Labute approximate surface area is 135 Å². The van der Waals surface area contributed by atoms with E-state index in [1.54, 1.807) is 6.07 Å². The number of hydrogen-bond acceptors (Lipinski definition) is 2. The zero-order valence-corrected chi connectivity index (χ0v) is 12.7. The van der Waals surface area contributed by atoms with Gasteiger partial charge in [-0.1, -0.05) is 40.9 Å². The van der Waals surface area contributed by atoms with Crippen LogP contribution in [0.25, 0.3) is 0 Å². The van der Waals surface area contributed by atoms with E-state index < -0.39 is 17.5 Å². The summed E-state index contributed by atoms with van der Waals surface area (Å²) >= 11 is 17.7. The molecule has 0 saturated carbocycles. The summed E-state index contributed by atoms with van der Waals surface area (Å²) in [5.41, 5.74) is -0.113. The lowest BCUT2D eigenvalue weighted by Gasteiger charge is -2.12. The number of nitriles is 1. The van der Waals surface area contributed by atoms with Gasteiger partial charge in [0.2, 0.25) is 0 Å². The molecule has 0 fully saturated rings. The Morgan fingerprint density at radius 3 is 2.48 bits per heavy atom. The number of Topliss-reactive ketones (excluding diaryl/α,β-unsaturated/α-hetero) is 1. The summed E-state index contributed by atoms with van der Waals surface area (Å²) in [5.74, 6) is -2.77. The van der Waals surface area contributed by atoms with E-state index in [1.807, 2.05) is 0 Å². The molecule has 0 bridgehead atoms. The molecule has 0 radical (unpaired) electrons. The summed E-state index contributed by atoms with van der Waals surface area (Å²) < 4.78 is 13.9. The van der Waals surface area contributed by atoms with E-state index in [0.29, 0.717) is 5.02 Å². The van der Waals surface area contributed by atoms with Crippen molar-refractivity contribution in [3.8, 4) is 6.07 Å². The van der Waals surface area contributed by atoms with Gasteiger partial charge in [-0.2, -0.15) is 5.26 Å². The molecular formula is C15H7Cl3FNO. The standard InChI is InChI=1S/C15H7Cl3FNO/c16-8-4-5-11(17)9(6-8)15(21)10(7-20)14-12(18)2-1-3-13(14)19/h1-6,10H. The van der Waals surface area contributed by atoms with Crippen molar-refractivity contribution in [3.05, 3.63) is 68.4 Å². The zero-order chi connectivity index (χ0) is 15.6. The SMILES string of the molecule is N#CC(C(=O)c1cc(Cl)ccc1Cl)c1c(F)cccc1Cl. The number of hydrogen-bond donors (Lipinski definition) is 0. The van der Waals surface area contributed by atoms with Gasteiger partial charge in [-0.15, -0.1) is 0 Å². The smallest absolute Gasteiger partial charge is 0.186 e. The minimum Gasteiger partial charge on any atom is -0.292 e. The van der Waals surface area contributed by atoms with Crippen LogP contribution in [0.2, 0.25) is 15.1 Å². The Morgan fingerprint density at radius 2 is 1.86 bits per heavy atom. The molecule has 2 aromatic carbocycles. The number of halogens is 4. The molecular weight excluding hydrogens is 336 g/mol. The van der Waals surface area contributed by atoms with Crippen LogP contribution in [0.4, 0.5) is 4.39 Å². The molecule has 2 aromatic rings. The van der Waals surface area contributed by atoms with Crippen LogP contribution in [-0.4, -0.2) is 5.78 Å². The molecule has 6 heteroatoms. The number of ketones is 1. The average molecular weight is 343 g/mol. The molecule has 0 heterocycles. The van der Waals surface area contributed by atoms with E-state index in [2.05, 4.69) is 0 Å². The van der Waals surface area contributed by atoms with Crippen molar-refractivity contribution < 1.29 is 9.18 Å². The number of carbonyl (C=O) groups excluding carboxylic acids is 1. The fraction of sp³-hybridized carbons (Fsp3) is 0.0667. The molecule has 0 aromatic heterocycles. The first-order valence-corrected chi connectivity index (χ1v) is 6.92. The van der Waals surface area contributed by atoms with Gasteiger partial charge in [0.05, 0.1) is 11.1 Å². The van der Waals surface area contributed by atoms with Crippen LogP contribution < -0.4 is 0 Å². The molecule has 0 saturated heterocycles. The van der Waals surface area contributed by atoms with Crippen molar-refractivity contribution in [2.45, 2.75) is 5.92 Å². The van der Waals surface area contributed by atoms with Gasteiger partial charge in [-0.25, -0.2) is 4.39 Å². The van der Waals surface area contributed by atoms with Gasteiger partial charge >= 0.3 is 0 Å². The van der Waals surface area contributed by atoms with Crippen LogP contribution in [0, 0.1) is 17.1 Å². The number of carbonyl (C=O) groups is 1. The Bertz CT molecular complexity index is 735. The maximum atomic E-state index is 13.9. The first-order valence-electron chi connectivity index (χ1n) is 5.78. The monoisotopic (exact) mass is 341 g/mol. The minimum absolute atomic E-state index is 0.00745. The lowest BCUT2D eigenvalue weighted by atomic mass is 9.91. The Kier molecular flexibility index (Phi) is 4.84. The van der Waals surface area contributed by atoms with Crippen LogP contribution in [0.15, 0.2) is 36.4 Å². The largest absolute Gasteiger partial charge is 0.292 e. The fourth-order valence-corrected chi connectivity index (χ4v) is 2.54. The van der Waals surface area contributed by atoms with Crippen LogP contribution in [0.1, 0.15) is 21.8 Å². The van der Waals surface area contributed by atoms with Crippen LogP contribution >= 0.6 is 34.8 Å². The number of rotatable bonds is 3. The normalized spacial score (nSPS) is 11.8. The quantitative estimate of drug-likeness (QED) is 0.712. The van der Waals surface area contributed by atoms with Gasteiger partial charge in [0.1, 0.15) is 11.7 Å². The fourth-order valence-electron chi connectivity index (χ4n) is 1.88. The summed E-state index contributed by atoms with van der Waals surface area (Å²) in [6.07, 6.45) is 0. The van der Waals surface area contributed by atoms with Crippen LogP contribution in [-0.2, 0) is 0 Å². The van der Waals surface area contributed by atoms with Crippen molar-refractivity contribution in [3.63, 3.8) is 0 Å². The van der Waals surface area contributed by atoms with E-state index >= 15 is 0 Å². The second-order valence-electron chi connectivity index (χ2n) is 4.19. The summed E-state index contributed by atoms with van der Waals surface area (Å²) in [4.78, 5) is 12.5. The van der Waals surface area contributed by atoms with Crippen LogP contribution in [0.3, 0.4) is 0 Å². The lowest BCUT2D eigenvalue weighted by molar-refractivity contribution is 0.0977. The molecule has 21 heavy (non-hydrogen) atoms. The molecule has 106 valence electrons. The summed E-state index contributed by atoms with van der Waals surface area (Å²) in [7, 11) is 0. The van der Waals surface area contributed by atoms with Crippen molar-refractivity contribution in [2.75, 3.05) is 0 Å². The maximum absolute atomic E-state index is 13.9. The molecule has 2 rings (SSSR count). The third kappa shape index (κ3) is 3.19. The predicted molar refractivity (Wildman–Crippen MR) is 80.6 cm³/mol. The molecule has 0 aliphatic rings. The number of nitrogens with zero attached hydrogens (tertiary/aromatic N) is 1. The predicted octanol–water partition coefficient (Wildman–Crippen LogP) is 5.28.